The molecule has 2 atom stereocenters. The van der Waals surface area contributed by atoms with E-state index in [1.54, 1.807) is 0 Å². The summed E-state index contributed by atoms with van der Waals surface area (Å²) in [5.74, 6) is -0.152. The molecular formula is C17H25NO3. The number of hydrogen-bond donors (Lipinski definition) is 2. The summed E-state index contributed by atoms with van der Waals surface area (Å²) in [7, 11) is 0. The van der Waals surface area contributed by atoms with Crippen LogP contribution in [0.4, 0.5) is 0 Å². The number of rotatable bonds is 8. The van der Waals surface area contributed by atoms with Crippen LogP contribution in [0.1, 0.15) is 51.6 Å². The topological polar surface area (TPSA) is 66.4 Å². The van der Waals surface area contributed by atoms with Gasteiger partial charge in [-0.05, 0) is 23.8 Å². The quantitative estimate of drug-likeness (QED) is 0.771. The zero-order valence-corrected chi connectivity index (χ0v) is 13.0. The summed E-state index contributed by atoms with van der Waals surface area (Å²) >= 11 is 0. The van der Waals surface area contributed by atoms with Crippen LogP contribution in [0.3, 0.4) is 0 Å². The fourth-order valence-corrected chi connectivity index (χ4v) is 2.57. The zero-order valence-electron chi connectivity index (χ0n) is 13.0. The predicted octanol–water partition coefficient (Wildman–Crippen LogP) is 3.39. The number of carboxylic acid groups (broad SMARTS) is 1. The van der Waals surface area contributed by atoms with Crippen LogP contribution in [0.5, 0.6) is 0 Å². The van der Waals surface area contributed by atoms with Gasteiger partial charge in [-0.3, -0.25) is 9.59 Å². The van der Waals surface area contributed by atoms with Crippen molar-refractivity contribution in [1.82, 2.24) is 5.32 Å². The minimum atomic E-state index is -0.917. The lowest BCUT2D eigenvalue weighted by Gasteiger charge is -2.19. The predicted molar refractivity (Wildman–Crippen MR) is 82.8 cm³/mol. The molecule has 0 aliphatic heterocycles. The number of hydrogen-bond acceptors (Lipinski definition) is 2. The lowest BCUT2D eigenvalue weighted by molar-refractivity contribution is -0.137. The second kappa shape index (κ2) is 8.45. The first-order chi connectivity index (χ1) is 9.88. The zero-order chi connectivity index (χ0) is 15.8. The van der Waals surface area contributed by atoms with Crippen molar-refractivity contribution in [3.05, 3.63) is 35.9 Å². The molecular weight excluding hydrogens is 266 g/mol. The van der Waals surface area contributed by atoms with Crippen LogP contribution in [0, 0.1) is 11.8 Å². The number of nitrogens with one attached hydrogen (secondary N) is 1. The van der Waals surface area contributed by atoms with Gasteiger partial charge in [0.2, 0.25) is 5.91 Å². The molecule has 0 saturated heterocycles. The van der Waals surface area contributed by atoms with Crippen molar-refractivity contribution in [2.75, 3.05) is 0 Å². The summed E-state index contributed by atoms with van der Waals surface area (Å²) in [4.78, 5) is 23.1. The fraction of sp³-hybridized carbons (Fsp3) is 0.529. The van der Waals surface area contributed by atoms with Crippen LogP contribution < -0.4 is 5.32 Å². The Hall–Kier alpha value is -1.84. The molecule has 1 aromatic rings. The van der Waals surface area contributed by atoms with Crippen molar-refractivity contribution < 1.29 is 14.7 Å². The molecule has 0 aliphatic carbocycles. The van der Waals surface area contributed by atoms with Gasteiger partial charge in [0.05, 0.1) is 12.5 Å². The highest BCUT2D eigenvalue weighted by molar-refractivity contribution is 5.78. The lowest BCUT2D eigenvalue weighted by atomic mass is 9.95. The molecule has 1 aromatic carbocycles. The highest BCUT2D eigenvalue weighted by Gasteiger charge is 2.19. The maximum Gasteiger partial charge on any atom is 0.305 e. The van der Waals surface area contributed by atoms with E-state index in [-0.39, 0.29) is 12.3 Å². The van der Waals surface area contributed by atoms with Gasteiger partial charge in [-0.25, -0.2) is 0 Å². The minimum absolute atomic E-state index is 0.0850. The Morgan fingerprint density at radius 2 is 1.71 bits per heavy atom. The molecule has 0 bridgehead atoms. The molecule has 0 aromatic heterocycles. The molecule has 2 N–H and O–H groups in total. The van der Waals surface area contributed by atoms with Gasteiger partial charge >= 0.3 is 5.97 Å². The summed E-state index contributed by atoms with van der Waals surface area (Å²) in [6.07, 6.45) is 1.32. The Morgan fingerprint density at radius 1 is 1.10 bits per heavy atom. The third-order valence-electron chi connectivity index (χ3n) is 3.32. The summed E-state index contributed by atoms with van der Waals surface area (Å²) in [6, 6.07) is 8.77. The fourth-order valence-electron chi connectivity index (χ4n) is 2.57. The van der Waals surface area contributed by atoms with Gasteiger partial charge in [0.15, 0.2) is 0 Å². The Morgan fingerprint density at radius 3 is 2.24 bits per heavy atom. The van der Waals surface area contributed by atoms with Gasteiger partial charge in [-0.2, -0.15) is 0 Å². The summed E-state index contributed by atoms with van der Waals surface area (Å²) in [5, 5.41) is 11.9. The van der Waals surface area contributed by atoms with E-state index in [1.807, 2.05) is 37.3 Å². The van der Waals surface area contributed by atoms with Crippen molar-refractivity contribution in [1.29, 1.82) is 0 Å². The van der Waals surface area contributed by atoms with Crippen LogP contribution in [0.25, 0.3) is 0 Å². The van der Waals surface area contributed by atoms with Gasteiger partial charge in [0.25, 0.3) is 0 Å². The van der Waals surface area contributed by atoms with E-state index in [9.17, 15) is 9.59 Å². The molecule has 1 amide bonds. The van der Waals surface area contributed by atoms with Crippen molar-refractivity contribution in [3.8, 4) is 0 Å². The van der Waals surface area contributed by atoms with E-state index in [2.05, 4.69) is 19.2 Å². The Balaban J connectivity index is 2.64. The highest BCUT2D eigenvalue weighted by atomic mass is 16.4. The average Bonchev–Trinajstić information content (AvgIpc) is 2.37. The normalized spacial score (nSPS) is 13.7. The molecule has 4 heteroatoms. The molecule has 2 unspecified atom stereocenters. The molecule has 1 rings (SSSR count). The molecule has 116 valence electrons. The number of benzene rings is 1. The number of aliphatic carboxylic acids is 1. The summed E-state index contributed by atoms with van der Waals surface area (Å²) < 4.78 is 0. The van der Waals surface area contributed by atoms with Gasteiger partial charge in [-0.1, -0.05) is 51.1 Å². The van der Waals surface area contributed by atoms with E-state index in [0.29, 0.717) is 18.3 Å². The maximum absolute atomic E-state index is 12.1. The third kappa shape index (κ3) is 6.93. The van der Waals surface area contributed by atoms with Crippen molar-refractivity contribution in [2.45, 2.75) is 46.1 Å². The number of amides is 1. The SMILES string of the molecule is CC(C)CC(C)CC(=O)NC(CC(=O)O)c1ccccc1. The molecule has 0 spiro atoms. The first-order valence-electron chi connectivity index (χ1n) is 7.44. The van der Waals surface area contributed by atoms with Crippen molar-refractivity contribution >= 4 is 11.9 Å². The van der Waals surface area contributed by atoms with E-state index in [4.69, 9.17) is 5.11 Å². The first-order valence-corrected chi connectivity index (χ1v) is 7.44. The van der Waals surface area contributed by atoms with Gasteiger partial charge in [0, 0.05) is 6.42 Å². The minimum Gasteiger partial charge on any atom is -0.481 e. The number of carbonyl (C=O) groups is 2. The van der Waals surface area contributed by atoms with Gasteiger partial charge in [-0.15, -0.1) is 0 Å². The largest absolute Gasteiger partial charge is 0.481 e. The van der Waals surface area contributed by atoms with Gasteiger partial charge < -0.3 is 10.4 Å². The smallest absolute Gasteiger partial charge is 0.305 e. The van der Waals surface area contributed by atoms with E-state index in [1.165, 1.54) is 0 Å². The second-order valence-electron chi connectivity index (χ2n) is 6.07. The summed E-state index contributed by atoms with van der Waals surface area (Å²) in [5.41, 5.74) is 0.824. The van der Waals surface area contributed by atoms with Crippen LogP contribution in [-0.2, 0) is 9.59 Å². The monoisotopic (exact) mass is 291 g/mol. The van der Waals surface area contributed by atoms with E-state index < -0.39 is 12.0 Å². The van der Waals surface area contributed by atoms with Crippen LogP contribution in [0.15, 0.2) is 30.3 Å². The standard InChI is InChI=1S/C17H25NO3/c1-12(2)9-13(3)10-16(19)18-15(11-17(20)21)14-7-5-4-6-8-14/h4-8,12-13,15H,9-11H2,1-3H3,(H,18,19)(H,20,21). The molecule has 4 nitrogen and oxygen atoms in total. The molecule has 0 aliphatic rings. The first kappa shape index (κ1) is 17.2. The molecule has 21 heavy (non-hydrogen) atoms. The van der Waals surface area contributed by atoms with Gasteiger partial charge in [0.1, 0.15) is 0 Å². The molecule has 0 radical (unpaired) electrons. The Bertz CT molecular complexity index is 456. The van der Waals surface area contributed by atoms with Crippen LogP contribution >= 0.6 is 0 Å². The average molecular weight is 291 g/mol. The molecule has 0 fully saturated rings. The third-order valence-corrected chi connectivity index (χ3v) is 3.32. The van der Waals surface area contributed by atoms with E-state index in [0.717, 1.165) is 12.0 Å². The number of carboxylic acids is 1. The van der Waals surface area contributed by atoms with Crippen LogP contribution in [-0.4, -0.2) is 17.0 Å². The summed E-state index contributed by atoms with van der Waals surface area (Å²) in [6.45, 7) is 6.31. The molecule has 0 saturated carbocycles. The van der Waals surface area contributed by atoms with Crippen LogP contribution in [0.2, 0.25) is 0 Å². The van der Waals surface area contributed by atoms with Crippen molar-refractivity contribution in [3.63, 3.8) is 0 Å². The van der Waals surface area contributed by atoms with Crippen molar-refractivity contribution in [2.24, 2.45) is 11.8 Å². The number of carbonyl (C=O) groups excluding carboxylic acids is 1. The Kier molecular flexibility index (Phi) is 6.92. The maximum atomic E-state index is 12.1. The molecule has 0 heterocycles. The lowest BCUT2D eigenvalue weighted by Crippen LogP contribution is -2.31. The highest BCUT2D eigenvalue weighted by Crippen LogP contribution is 2.19. The van der Waals surface area contributed by atoms with E-state index >= 15 is 0 Å². The Labute approximate surface area is 126 Å². The second-order valence-corrected chi connectivity index (χ2v) is 6.07.